The van der Waals surface area contributed by atoms with Crippen LogP contribution in [0.25, 0.3) is 0 Å². The lowest BCUT2D eigenvalue weighted by molar-refractivity contribution is -0.129. The third-order valence-corrected chi connectivity index (χ3v) is 2.44. The molecule has 0 unspecified atom stereocenters. The van der Waals surface area contributed by atoms with Crippen LogP contribution in [0.5, 0.6) is 5.75 Å². The van der Waals surface area contributed by atoms with E-state index in [0.29, 0.717) is 13.1 Å². The van der Waals surface area contributed by atoms with Gasteiger partial charge in [0.05, 0.1) is 12.6 Å². The van der Waals surface area contributed by atoms with E-state index in [1.54, 1.807) is 19.0 Å². The highest BCUT2D eigenvalue weighted by Gasteiger charge is 2.08. The Balaban J connectivity index is 2.64. The molecule has 0 fully saturated rings. The van der Waals surface area contributed by atoms with E-state index in [2.05, 4.69) is 5.32 Å². The molecule has 1 amide bonds. The minimum Gasteiger partial charge on any atom is -0.491 e. The fraction of sp³-hybridized carbons (Fsp3) is 0.500. The summed E-state index contributed by atoms with van der Waals surface area (Å²) in [5.74, 6) is 0.921. The lowest BCUT2D eigenvalue weighted by Gasteiger charge is -2.18. The zero-order valence-electron chi connectivity index (χ0n) is 11.6. The summed E-state index contributed by atoms with van der Waals surface area (Å²) >= 11 is 0. The molecule has 0 saturated carbocycles. The normalized spacial score (nSPS) is 10.5. The Kier molecular flexibility index (Phi) is 5.65. The van der Waals surface area contributed by atoms with Crippen LogP contribution >= 0.6 is 0 Å². The van der Waals surface area contributed by atoms with Crippen molar-refractivity contribution in [2.24, 2.45) is 0 Å². The topological polar surface area (TPSA) is 41.6 Å². The molecule has 4 heteroatoms. The van der Waals surface area contributed by atoms with Gasteiger partial charge in [0.1, 0.15) is 5.75 Å². The molecule has 0 saturated heterocycles. The van der Waals surface area contributed by atoms with Crippen LogP contribution in [0.3, 0.4) is 0 Å². The van der Waals surface area contributed by atoms with Crippen molar-refractivity contribution in [2.75, 3.05) is 20.6 Å². The standard InChI is InChI=1S/C14H22N2O2/c1-11(2)18-13-7-5-6-12(8-13)10-16(4)14(17)9-15-3/h5-8,11,15H,9-10H2,1-4H3. The molecule has 0 spiro atoms. The van der Waals surface area contributed by atoms with E-state index in [0.717, 1.165) is 11.3 Å². The van der Waals surface area contributed by atoms with E-state index in [4.69, 9.17) is 4.74 Å². The van der Waals surface area contributed by atoms with Gasteiger partial charge in [-0.25, -0.2) is 0 Å². The van der Waals surface area contributed by atoms with Gasteiger partial charge < -0.3 is 15.0 Å². The Hall–Kier alpha value is -1.55. The Morgan fingerprint density at radius 1 is 1.44 bits per heavy atom. The summed E-state index contributed by atoms with van der Waals surface area (Å²) in [5.41, 5.74) is 1.07. The summed E-state index contributed by atoms with van der Waals surface area (Å²) in [6, 6.07) is 7.85. The van der Waals surface area contributed by atoms with Crippen molar-refractivity contribution < 1.29 is 9.53 Å². The largest absolute Gasteiger partial charge is 0.491 e. The number of benzene rings is 1. The van der Waals surface area contributed by atoms with Gasteiger partial charge in [-0.2, -0.15) is 0 Å². The molecule has 0 atom stereocenters. The number of carbonyl (C=O) groups excluding carboxylic acids is 1. The molecular weight excluding hydrogens is 228 g/mol. The van der Waals surface area contributed by atoms with Crippen LogP contribution in [-0.2, 0) is 11.3 Å². The van der Waals surface area contributed by atoms with Gasteiger partial charge in [0.15, 0.2) is 0 Å². The van der Waals surface area contributed by atoms with Crippen molar-refractivity contribution in [2.45, 2.75) is 26.5 Å². The number of ether oxygens (including phenoxy) is 1. The number of likely N-dealkylation sites (N-methyl/N-ethyl adjacent to an activating group) is 2. The zero-order chi connectivity index (χ0) is 13.5. The summed E-state index contributed by atoms with van der Waals surface area (Å²) in [4.78, 5) is 13.3. The molecule has 18 heavy (non-hydrogen) atoms. The number of rotatable bonds is 6. The second-order valence-corrected chi connectivity index (χ2v) is 4.59. The van der Waals surface area contributed by atoms with Crippen LogP contribution in [0.1, 0.15) is 19.4 Å². The highest BCUT2D eigenvalue weighted by molar-refractivity contribution is 5.77. The first-order chi connectivity index (χ1) is 8.52. The van der Waals surface area contributed by atoms with Crippen LogP contribution in [0.2, 0.25) is 0 Å². The second kappa shape index (κ2) is 7.01. The van der Waals surface area contributed by atoms with E-state index >= 15 is 0 Å². The Morgan fingerprint density at radius 2 is 2.17 bits per heavy atom. The van der Waals surface area contributed by atoms with Gasteiger partial charge in [-0.1, -0.05) is 12.1 Å². The first kappa shape index (κ1) is 14.5. The maximum absolute atomic E-state index is 11.6. The summed E-state index contributed by atoms with van der Waals surface area (Å²) in [5, 5.41) is 2.86. The first-order valence-corrected chi connectivity index (χ1v) is 6.17. The molecule has 0 heterocycles. The van der Waals surface area contributed by atoms with Gasteiger partial charge in [0, 0.05) is 13.6 Å². The fourth-order valence-electron chi connectivity index (χ4n) is 1.64. The monoisotopic (exact) mass is 250 g/mol. The maximum Gasteiger partial charge on any atom is 0.236 e. The predicted molar refractivity (Wildman–Crippen MR) is 72.6 cm³/mol. The fourth-order valence-corrected chi connectivity index (χ4v) is 1.64. The lowest BCUT2D eigenvalue weighted by atomic mass is 10.2. The van der Waals surface area contributed by atoms with Crippen molar-refractivity contribution >= 4 is 5.91 Å². The number of nitrogens with one attached hydrogen (secondary N) is 1. The summed E-state index contributed by atoms with van der Waals surface area (Å²) in [7, 11) is 3.57. The predicted octanol–water partition coefficient (Wildman–Crippen LogP) is 1.65. The molecule has 1 rings (SSSR count). The maximum atomic E-state index is 11.6. The van der Waals surface area contributed by atoms with Gasteiger partial charge in [-0.15, -0.1) is 0 Å². The van der Waals surface area contributed by atoms with Gasteiger partial charge in [-0.05, 0) is 38.6 Å². The number of carbonyl (C=O) groups is 1. The Morgan fingerprint density at radius 3 is 2.78 bits per heavy atom. The van der Waals surface area contributed by atoms with Crippen molar-refractivity contribution in [1.29, 1.82) is 0 Å². The molecule has 0 aliphatic rings. The molecule has 1 N–H and O–H groups in total. The number of nitrogens with zero attached hydrogens (tertiary/aromatic N) is 1. The summed E-state index contributed by atoms with van der Waals surface area (Å²) in [6.07, 6.45) is 0.156. The SMILES string of the molecule is CNCC(=O)N(C)Cc1cccc(OC(C)C)c1. The van der Waals surface area contributed by atoms with Gasteiger partial charge in [0.25, 0.3) is 0 Å². The molecule has 0 aliphatic heterocycles. The molecule has 0 radical (unpaired) electrons. The van der Waals surface area contributed by atoms with Gasteiger partial charge >= 0.3 is 0 Å². The number of hydrogen-bond acceptors (Lipinski definition) is 3. The third-order valence-electron chi connectivity index (χ3n) is 2.44. The van der Waals surface area contributed by atoms with Crippen molar-refractivity contribution in [3.05, 3.63) is 29.8 Å². The van der Waals surface area contributed by atoms with E-state index in [9.17, 15) is 4.79 Å². The molecule has 4 nitrogen and oxygen atoms in total. The number of amides is 1. The van der Waals surface area contributed by atoms with Crippen LogP contribution < -0.4 is 10.1 Å². The van der Waals surface area contributed by atoms with Crippen LogP contribution in [0, 0.1) is 0 Å². The third kappa shape index (κ3) is 4.75. The van der Waals surface area contributed by atoms with Crippen molar-refractivity contribution in [1.82, 2.24) is 10.2 Å². The average Bonchev–Trinajstić information content (AvgIpc) is 2.28. The van der Waals surface area contributed by atoms with Crippen LogP contribution in [-0.4, -0.2) is 37.6 Å². The second-order valence-electron chi connectivity index (χ2n) is 4.59. The zero-order valence-corrected chi connectivity index (χ0v) is 11.6. The summed E-state index contributed by atoms with van der Waals surface area (Å²) in [6.45, 7) is 4.94. The van der Waals surface area contributed by atoms with Crippen LogP contribution in [0.15, 0.2) is 24.3 Å². The Labute approximate surface area is 109 Å². The lowest BCUT2D eigenvalue weighted by Crippen LogP contribution is -2.33. The quantitative estimate of drug-likeness (QED) is 0.834. The van der Waals surface area contributed by atoms with Crippen molar-refractivity contribution in [3.63, 3.8) is 0 Å². The van der Waals surface area contributed by atoms with E-state index in [-0.39, 0.29) is 12.0 Å². The molecular formula is C14H22N2O2. The highest BCUT2D eigenvalue weighted by atomic mass is 16.5. The molecule has 0 bridgehead atoms. The minimum absolute atomic E-state index is 0.0766. The molecule has 0 aromatic heterocycles. The first-order valence-electron chi connectivity index (χ1n) is 6.17. The summed E-state index contributed by atoms with van der Waals surface area (Å²) < 4.78 is 5.63. The van der Waals surface area contributed by atoms with E-state index in [1.807, 2.05) is 38.1 Å². The van der Waals surface area contributed by atoms with Crippen molar-refractivity contribution in [3.8, 4) is 5.75 Å². The molecule has 1 aromatic rings. The smallest absolute Gasteiger partial charge is 0.236 e. The van der Waals surface area contributed by atoms with E-state index < -0.39 is 0 Å². The van der Waals surface area contributed by atoms with Crippen LogP contribution in [0.4, 0.5) is 0 Å². The molecule has 0 aliphatic carbocycles. The molecule has 1 aromatic carbocycles. The average molecular weight is 250 g/mol. The highest BCUT2D eigenvalue weighted by Crippen LogP contribution is 2.16. The van der Waals surface area contributed by atoms with Gasteiger partial charge in [-0.3, -0.25) is 4.79 Å². The van der Waals surface area contributed by atoms with Gasteiger partial charge in [0.2, 0.25) is 5.91 Å². The number of hydrogen-bond donors (Lipinski definition) is 1. The minimum atomic E-state index is 0.0766. The Bertz CT molecular complexity index is 391. The van der Waals surface area contributed by atoms with E-state index in [1.165, 1.54) is 0 Å². The molecule has 100 valence electrons.